The Labute approximate surface area is 108 Å². The maximum atomic E-state index is 11.4. The Balaban J connectivity index is 2.21. The number of phenols is 1. The summed E-state index contributed by atoms with van der Waals surface area (Å²) in [5.74, 6) is 0.263. The molecule has 0 saturated carbocycles. The lowest BCUT2D eigenvalue weighted by Crippen LogP contribution is -2.41. The van der Waals surface area contributed by atoms with Crippen LogP contribution in [0.4, 0.5) is 4.79 Å². The SMILES string of the molecule is CC(C)(C)NC(=O)OCCCc1cccc(O)c1. The van der Waals surface area contributed by atoms with E-state index in [1.54, 1.807) is 18.2 Å². The second kappa shape index (κ2) is 6.28. The highest BCUT2D eigenvalue weighted by Crippen LogP contribution is 2.12. The van der Waals surface area contributed by atoms with Gasteiger partial charge in [0, 0.05) is 5.54 Å². The molecule has 0 unspecified atom stereocenters. The van der Waals surface area contributed by atoms with Crippen LogP contribution in [0, 0.1) is 0 Å². The van der Waals surface area contributed by atoms with E-state index in [9.17, 15) is 9.90 Å². The van der Waals surface area contributed by atoms with Gasteiger partial charge in [-0.05, 0) is 51.3 Å². The topological polar surface area (TPSA) is 58.6 Å². The zero-order valence-electron chi connectivity index (χ0n) is 11.2. The molecule has 0 fully saturated rings. The normalized spacial score (nSPS) is 11.1. The Bertz CT molecular complexity index is 396. The molecule has 0 spiro atoms. The van der Waals surface area contributed by atoms with Crippen LogP contribution in [0.2, 0.25) is 0 Å². The van der Waals surface area contributed by atoms with E-state index >= 15 is 0 Å². The Morgan fingerprint density at radius 1 is 1.39 bits per heavy atom. The average molecular weight is 251 g/mol. The van der Waals surface area contributed by atoms with Crippen molar-refractivity contribution in [2.75, 3.05) is 6.61 Å². The fourth-order valence-electron chi connectivity index (χ4n) is 1.50. The third-order valence-electron chi connectivity index (χ3n) is 2.23. The first kappa shape index (κ1) is 14.4. The van der Waals surface area contributed by atoms with Gasteiger partial charge in [-0.25, -0.2) is 4.79 Å². The van der Waals surface area contributed by atoms with Crippen molar-refractivity contribution in [1.82, 2.24) is 5.32 Å². The summed E-state index contributed by atoms with van der Waals surface area (Å²) in [7, 11) is 0. The molecule has 0 atom stereocenters. The van der Waals surface area contributed by atoms with Crippen molar-refractivity contribution in [3.63, 3.8) is 0 Å². The number of hydrogen-bond donors (Lipinski definition) is 2. The summed E-state index contributed by atoms with van der Waals surface area (Å²) in [5.41, 5.74) is 0.761. The quantitative estimate of drug-likeness (QED) is 0.809. The van der Waals surface area contributed by atoms with Crippen LogP contribution in [0.1, 0.15) is 32.8 Å². The number of benzene rings is 1. The fourth-order valence-corrected chi connectivity index (χ4v) is 1.50. The molecule has 0 aliphatic heterocycles. The molecule has 100 valence electrons. The van der Waals surface area contributed by atoms with Crippen LogP contribution >= 0.6 is 0 Å². The van der Waals surface area contributed by atoms with Gasteiger partial charge in [0.05, 0.1) is 6.61 Å². The first-order valence-corrected chi connectivity index (χ1v) is 6.10. The van der Waals surface area contributed by atoms with Gasteiger partial charge in [-0.3, -0.25) is 0 Å². The summed E-state index contributed by atoms with van der Waals surface area (Å²) in [5, 5.41) is 12.0. The molecule has 1 aromatic carbocycles. The molecule has 18 heavy (non-hydrogen) atoms. The molecule has 0 aliphatic rings. The van der Waals surface area contributed by atoms with E-state index in [1.807, 2.05) is 26.8 Å². The third-order valence-corrected chi connectivity index (χ3v) is 2.23. The maximum absolute atomic E-state index is 11.4. The van der Waals surface area contributed by atoms with E-state index < -0.39 is 6.09 Å². The van der Waals surface area contributed by atoms with Crippen molar-refractivity contribution in [3.8, 4) is 5.75 Å². The van der Waals surface area contributed by atoms with Crippen molar-refractivity contribution in [2.24, 2.45) is 0 Å². The van der Waals surface area contributed by atoms with Gasteiger partial charge < -0.3 is 15.2 Å². The number of alkyl carbamates (subject to hydrolysis) is 1. The molecule has 0 aromatic heterocycles. The first-order valence-electron chi connectivity index (χ1n) is 6.10. The Morgan fingerprint density at radius 3 is 2.72 bits per heavy atom. The molecule has 4 nitrogen and oxygen atoms in total. The molecule has 0 bridgehead atoms. The Kier molecular flexibility index (Phi) is 5.01. The van der Waals surface area contributed by atoms with Crippen molar-refractivity contribution < 1.29 is 14.6 Å². The van der Waals surface area contributed by atoms with E-state index in [2.05, 4.69) is 5.32 Å². The number of aromatic hydroxyl groups is 1. The highest BCUT2D eigenvalue weighted by molar-refractivity contribution is 5.67. The second-order valence-electron chi connectivity index (χ2n) is 5.28. The van der Waals surface area contributed by atoms with Gasteiger partial charge in [-0.2, -0.15) is 0 Å². The summed E-state index contributed by atoms with van der Waals surface area (Å²) in [4.78, 5) is 11.4. The minimum Gasteiger partial charge on any atom is -0.508 e. The largest absolute Gasteiger partial charge is 0.508 e. The van der Waals surface area contributed by atoms with Crippen LogP contribution in [-0.2, 0) is 11.2 Å². The van der Waals surface area contributed by atoms with Crippen molar-refractivity contribution in [1.29, 1.82) is 0 Å². The Morgan fingerprint density at radius 2 is 2.11 bits per heavy atom. The maximum Gasteiger partial charge on any atom is 0.407 e. The molecule has 1 aromatic rings. The van der Waals surface area contributed by atoms with E-state index in [0.29, 0.717) is 6.61 Å². The van der Waals surface area contributed by atoms with Crippen molar-refractivity contribution >= 4 is 6.09 Å². The van der Waals surface area contributed by atoms with Crippen LogP contribution in [0.15, 0.2) is 24.3 Å². The lowest BCUT2D eigenvalue weighted by Gasteiger charge is -2.19. The fraction of sp³-hybridized carbons (Fsp3) is 0.500. The molecule has 0 radical (unpaired) electrons. The summed E-state index contributed by atoms with van der Waals surface area (Å²) in [6, 6.07) is 7.10. The lowest BCUT2D eigenvalue weighted by atomic mass is 10.1. The molecule has 2 N–H and O–H groups in total. The molecule has 0 heterocycles. The molecule has 4 heteroatoms. The number of aryl methyl sites for hydroxylation is 1. The minimum atomic E-state index is -0.390. The average Bonchev–Trinajstić information content (AvgIpc) is 2.22. The molecular formula is C14H21NO3. The van der Waals surface area contributed by atoms with Crippen molar-refractivity contribution in [3.05, 3.63) is 29.8 Å². The minimum absolute atomic E-state index is 0.263. The number of amides is 1. The first-order chi connectivity index (χ1) is 8.37. The van der Waals surface area contributed by atoms with Gasteiger partial charge in [0.25, 0.3) is 0 Å². The molecule has 0 saturated heterocycles. The van der Waals surface area contributed by atoms with E-state index in [0.717, 1.165) is 18.4 Å². The lowest BCUT2D eigenvalue weighted by molar-refractivity contribution is 0.136. The van der Waals surface area contributed by atoms with Crippen LogP contribution in [0.25, 0.3) is 0 Å². The van der Waals surface area contributed by atoms with Crippen LogP contribution < -0.4 is 5.32 Å². The zero-order chi connectivity index (χ0) is 13.6. The van der Waals surface area contributed by atoms with E-state index in [4.69, 9.17) is 4.74 Å². The summed E-state index contributed by atoms with van der Waals surface area (Å²) in [6.07, 6.45) is 1.12. The predicted molar refractivity (Wildman–Crippen MR) is 70.7 cm³/mol. The predicted octanol–water partition coefficient (Wildman–Crippen LogP) is 2.85. The highest BCUT2D eigenvalue weighted by atomic mass is 16.5. The second-order valence-corrected chi connectivity index (χ2v) is 5.28. The van der Waals surface area contributed by atoms with Crippen LogP contribution in [0.5, 0.6) is 5.75 Å². The van der Waals surface area contributed by atoms with Gasteiger partial charge in [0.1, 0.15) is 5.75 Å². The van der Waals surface area contributed by atoms with Gasteiger partial charge in [-0.15, -0.1) is 0 Å². The molecular weight excluding hydrogens is 230 g/mol. The summed E-state index contributed by atoms with van der Waals surface area (Å²) >= 11 is 0. The van der Waals surface area contributed by atoms with Crippen molar-refractivity contribution in [2.45, 2.75) is 39.2 Å². The zero-order valence-corrected chi connectivity index (χ0v) is 11.2. The highest BCUT2D eigenvalue weighted by Gasteiger charge is 2.14. The number of phenolic OH excluding ortho intramolecular Hbond substituents is 1. The van der Waals surface area contributed by atoms with E-state index in [1.165, 1.54) is 0 Å². The van der Waals surface area contributed by atoms with Gasteiger partial charge in [-0.1, -0.05) is 12.1 Å². The number of rotatable bonds is 4. The number of hydrogen-bond acceptors (Lipinski definition) is 3. The summed E-state index contributed by atoms with van der Waals surface area (Å²) < 4.78 is 5.06. The van der Waals surface area contributed by atoms with Gasteiger partial charge >= 0.3 is 6.09 Å². The Hall–Kier alpha value is -1.71. The standard InChI is InChI=1S/C14H21NO3/c1-14(2,3)15-13(17)18-9-5-7-11-6-4-8-12(16)10-11/h4,6,8,10,16H,5,7,9H2,1-3H3,(H,15,17). The number of carbonyl (C=O) groups excluding carboxylic acids is 1. The van der Waals surface area contributed by atoms with E-state index in [-0.39, 0.29) is 11.3 Å². The number of carbonyl (C=O) groups is 1. The monoisotopic (exact) mass is 251 g/mol. The molecule has 1 amide bonds. The van der Waals surface area contributed by atoms with Gasteiger partial charge in [0.2, 0.25) is 0 Å². The molecule has 0 aliphatic carbocycles. The van der Waals surface area contributed by atoms with Crippen LogP contribution in [0.3, 0.4) is 0 Å². The summed E-state index contributed by atoms with van der Waals surface area (Å²) in [6.45, 7) is 6.08. The van der Waals surface area contributed by atoms with Gasteiger partial charge in [0.15, 0.2) is 0 Å². The number of ether oxygens (including phenoxy) is 1. The number of nitrogens with one attached hydrogen (secondary N) is 1. The molecule has 1 rings (SSSR count). The smallest absolute Gasteiger partial charge is 0.407 e. The van der Waals surface area contributed by atoms with Crippen LogP contribution in [-0.4, -0.2) is 23.3 Å². The third kappa shape index (κ3) is 6.13.